The zero-order valence-electron chi connectivity index (χ0n) is 19.7. The number of benzene rings is 2. The molecule has 2 N–H and O–H groups in total. The average molecular weight is 500 g/mol. The number of hydrogen-bond donors (Lipinski definition) is 2. The van der Waals surface area contributed by atoms with Crippen molar-refractivity contribution < 1.29 is 13.9 Å². The van der Waals surface area contributed by atoms with Crippen molar-refractivity contribution in [3.05, 3.63) is 47.2 Å². The summed E-state index contributed by atoms with van der Waals surface area (Å²) in [4.78, 5) is 25.0. The number of aromatic nitrogens is 2. The van der Waals surface area contributed by atoms with Crippen LogP contribution in [0.1, 0.15) is 19.3 Å². The number of H-pyrrole nitrogens is 1. The first-order chi connectivity index (χ1) is 17.0. The largest absolute Gasteiger partial charge is 0.379 e. The Kier molecular flexibility index (Phi) is 7.51. The summed E-state index contributed by atoms with van der Waals surface area (Å²) in [7, 11) is 0. The van der Waals surface area contributed by atoms with Crippen LogP contribution < -0.4 is 10.2 Å². The molecule has 7 nitrogen and oxygen atoms in total. The molecule has 5 rings (SSSR count). The number of morpholine rings is 1. The topological polar surface area (TPSA) is 73.5 Å². The lowest BCUT2D eigenvalue weighted by Crippen LogP contribution is -2.42. The zero-order chi connectivity index (χ0) is 24.2. The van der Waals surface area contributed by atoms with Crippen molar-refractivity contribution >= 4 is 34.2 Å². The van der Waals surface area contributed by atoms with Gasteiger partial charge in [0.1, 0.15) is 11.6 Å². The second kappa shape index (κ2) is 10.9. The molecule has 9 heteroatoms. The van der Waals surface area contributed by atoms with Crippen LogP contribution in [0.5, 0.6) is 0 Å². The monoisotopic (exact) mass is 499 g/mol. The van der Waals surface area contributed by atoms with Crippen LogP contribution in [0.25, 0.3) is 22.4 Å². The fourth-order valence-corrected chi connectivity index (χ4v) is 5.19. The third-order valence-corrected chi connectivity index (χ3v) is 7.19. The van der Waals surface area contributed by atoms with Crippen molar-refractivity contribution in [2.75, 3.05) is 57.4 Å². The van der Waals surface area contributed by atoms with E-state index in [4.69, 9.17) is 16.3 Å². The predicted molar refractivity (Wildman–Crippen MR) is 136 cm³/mol. The van der Waals surface area contributed by atoms with E-state index in [0.29, 0.717) is 40.8 Å². The maximum Gasteiger partial charge on any atom is 0.220 e. The van der Waals surface area contributed by atoms with Crippen LogP contribution >= 0.6 is 11.6 Å². The van der Waals surface area contributed by atoms with Crippen LogP contribution in [-0.4, -0.2) is 73.3 Å². The molecule has 0 spiro atoms. The lowest BCUT2D eigenvalue weighted by atomic mass is 9.94. The Morgan fingerprint density at radius 2 is 2.06 bits per heavy atom. The Bertz CT molecular complexity index is 1180. The Labute approximate surface area is 209 Å². The fourth-order valence-electron chi connectivity index (χ4n) is 4.98. The van der Waals surface area contributed by atoms with E-state index in [1.807, 2.05) is 18.2 Å². The number of fused-ring (bicyclic) bond motifs is 1. The van der Waals surface area contributed by atoms with Crippen LogP contribution in [-0.2, 0) is 9.53 Å². The lowest BCUT2D eigenvalue weighted by Gasteiger charge is -2.34. The molecule has 1 atom stereocenters. The summed E-state index contributed by atoms with van der Waals surface area (Å²) >= 11 is 6.51. The van der Waals surface area contributed by atoms with E-state index in [-0.39, 0.29) is 11.7 Å². The molecule has 3 aromatic rings. The molecule has 1 amide bonds. The molecule has 0 bridgehead atoms. The van der Waals surface area contributed by atoms with E-state index in [2.05, 4.69) is 25.1 Å². The van der Waals surface area contributed by atoms with Gasteiger partial charge in [-0.2, -0.15) is 0 Å². The number of amides is 1. The minimum atomic E-state index is -0.308. The minimum Gasteiger partial charge on any atom is -0.379 e. The van der Waals surface area contributed by atoms with Crippen LogP contribution in [0.2, 0.25) is 5.02 Å². The quantitative estimate of drug-likeness (QED) is 0.512. The van der Waals surface area contributed by atoms with Gasteiger partial charge in [-0.1, -0.05) is 11.6 Å². The third-order valence-electron chi connectivity index (χ3n) is 6.86. The molecular formula is C26H31ClFN5O2. The molecule has 2 aliphatic rings. The van der Waals surface area contributed by atoms with Crippen LogP contribution in [0.4, 0.5) is 10.1 Å². The Hall–Kier alpha value is -2.68. The Morgan fingerprint density at radius 3 is 2.91 bits per heavy atom. The minimum absolute atomic E-state index is 0.122. The van der Waals surface area contributed by atoms with E-state index < -0.39 is 0 Å². The van der Waals surface area contributed by atoms with Crippen molar-refractivity contribution in [3.63, 3.8) is 0 Å². The molecule has 1 aromatic heterocycles. The number of nitrogens with one attached hydrogen (secondary N) is 2. The van der Waals surface area contributed by atoms with Gasteiger partial charge < -0.3 is 19.9 Å². The molecule has 2 aliphatic heterocycles. The Morgan fingerprint density at radius 1 is 1.20 bits per heavy atom. The molecule has 0 aliphatic carbocycles. The number of anilines is 1. The van der Waals surface area contributed by atoms with Crippen molar-refractivity contribution in [3.8, 4) is 11.4 Å². The van der Waals surface area contributed by atoms with Gasteiger partial charge in [0.05, 0.1) is 29.3 Å². The summed E-state index contributed by atoms with van der Waals surface area (Å²) in [6.45, 7) is 6.71. The fraction of sp³-hybridized carbons (Fsp3) is 0.462. The molecule has 0 radical (unpaired) electrons. The smallest absolute Gasteiger partial charge is 0.220 e. The average Bonchev–Trinajstić information content (AvgIpc) is 3.28. The highest BCUT2D eigenvalue weighted by molar-refractivity contribution is 6.33. The number of rotatable bonds is 7. The van der Waals surface area contributed by atoms with Crippen LogP contribution in [0, 0.1) is 11.7 Å². The highest BCUT2D eigenvalue weighted by Gasteiger charge is 2.23. The number of nitrogens with zero attached hydrogens (tertiary/aromatic N) is 3. The summed E-state index contributed by atoms with van der Waals surface area (Å²) < 4.78 is 19.0. The molecule has 2 fully saturated rings. The molecule has 35 heavy (non-hydrogen) atoms. The van der Waals surface area contributed by atoms with E-state index in [9.17, 15) is 9.18 Å². The van der Waals surface area contributed by atoms with Gasteiger partial charge in [0.2, 0.25) is 5.91 Å². The number of hydrogen-bond acceptors (Lipinski definition) is 5. The molecular weight excluding hydrogens is 469 g/mol. The van der Waals surface area contributed by atoms with Gasteiger partial charge in [-0.25, -0.2) is 9.37 Å². The standard InChI is InChI=1S/C26H31ClFN5O2/c27-22-5-4-20(16-21(22)26-30-23-6-3-19(28)15-24(23)31-26)33-8-1-2-18(17-33)14-25(34)29-7-9-32-10-12-35-13-11-32/h3-6,15-16,18H,1-2,7-14,17H2,(H,29,34)(H,30,31). The molecule has 3 heterocycles. The highest BCUT2D eigenvalue weighted by atomic mass is 35.5. The van der Waals surface area contributed by atoms with Gasteiger partial charge in [0, 0.05) is 56.9 Å². The maximum absolute atomic E-state index is 13.6. The SMILES string of the molecule is O=C(CC1CCCN(c2ccc(Cl)c(-c3nc4ccc(F)cc4[nH]3)c2)C1)NCCN1CCOCC1. The molecule has 2 saturated heterocycles. The number of aromatic amines is 1. The number of halogens is 2. The lowest BCUT2D eigenvalue weighted by molar-refractivity contribution is -0.122. The Balaban J connectivity index is 1.21. The summed E-state index contributed by atoms with van der Waals surface area (Å²) in [5.74, 6) is 0.736. The second-order valence-electron chi connectivity index (χ2n) is 9.37. The van der Waals surface area contributed by atoms with Gasteiger partial charge in [-0.3, -0.25) is 9.69 Å². The maximum atomic E-state index is 13.6. The molecule has 2 aromatic carbocycles. The number of carbonyl (C=O) groups excluding carboxylic acids is 1. The van der Waals surface area contributed by atoms with E-state index in [0.717, 1.165) is 70.0 Å². The van der Waals surface area contributed by atoms with Gasteiger partial charge in [-0.05, 0) is 55.2 Å². The highest BCUT2D eigenvalue weighted by Crippen LogP contribution is 2.33. The van der Waals surface area contributed by atoms with Gasteiger partial charge in [0.25, 0.3) is 0 Å². The number of ether oxygens (including phenoxy) is 1. The summed E-state index contributed by atoms with van der Waals surface area (Å²) in [5.41, 5.74) is 3.16. The van der Waals surface area contributed by atoms with Crippen molar-refractivity contribution in [1.82, 2.24) is 20.2 Å². The van der Waals surface area contributed by atoms with E-state index >= 15 is 0 Å². The summed E-state index contributed by atoms with van der Waals surface area (Å²) in [5, 5.41) is 3.67. The van der Waals surface area contributed by atoms with Crippen molar-refractivity contribution in [2.24, 2.45) is 5.92 Å². The van der Waals surface area contributed by atoms with Crippen LogP contribution in [0.3, 0.4) is 0 Å². The first kappa shape index (κ1) is 24.0. The molecule has 0 saturated carbocycles. The zero-order valence-corrected chi connectivity index (χ0v) is 20.5. The van der Waals surface area contributed by atoms with E-state index in [1.165, 1.54) is 12.1 Å². The third kappa shape index (κ3) is 5.94. The van der Waals surface area contributed by atoms with Crippen molar-refractivity contribution in [2.45, 2.75) is 19.3 Å². The number of carbonyl (C=O) groups is 1. The molecule has 186 valence electrons. The van der Waals surface area contributed by atoms with Crippen molar-refractivity contribution in [1.29, 1.82) is 0 Å². The normalized spacial score (nSPS) is 19.3. The van der Waals surface area contributed by atoms with Crippen LogP contribution in [0.15, 0.2) is 36.4 Å². The summed E-state index contributed by atoms with van der Waals surface area (Å²) in [6.07, 6.45) is 2.62. The first-order valence-electron chi connectivity index (χ1n) is 12.3. The second-order valence-corrected chi connectivity index (χ2v) is 9.78. The summed E-state index contributed by atoms with van der Waals surface area (Å²) in [6, 6.07) is 10.4. The van der Waals surface area contributed by atoms with Gasteiger partial charge >= 0.3 is 0 Å². The number of imidazole rings is 1. The van der Waals surface area contributed by atoms with E-state index in [1.54, 1.807) is 6.07 Å². The van der Waals surface area contributed by atoms with Gasteiger partial charge in [0.15, 0.2) is 0 Å². The van der Waals surface area contributed by atoms with Gasteiger partial charge in [-0.15, -0.1) is 0 Å². The number of piperidine rings is 1. The first-order valence-corrected chi connectivity index (χ1v) is 12.7. The molecule has 1 unspecified atom stereocenters. The predicted octanol–water partition coefficient (Wildman–Crippen LogP) is 4.08.